The van der Waals surface area contributed by atoms with Crippen LogP contribution in [0.15, 0.2) is 24.3 Å². The Morgan fingerprint density at radius 2 is 2.05 bits per heavy atom. The van der Waals surface area contributed by atoms with Crippen molar-refractivity contribution < 1.29 is 4.79 Å². The van der Waals surface area contributed by atoms with E-state index >= 15 is 0 Å². The molecule has 1 heterocycles. The minimum atomic E-state index is -0.169. The molecule has 1 aliphatic carbocycles. The third-order valence-electron chi connectivity index (χ3n) is 4.91. The fraction of sp³-hybridized carbons (Fsp3) is 0.611. The largest absolute Gasteiger partial charge is 0.335 e. The molecule has 1 amide bonds. The minimum absolute atomic E-state index is 0.169. The second-order valence-electron chi connectivity index (χ2n) is 6.96. The Hall–Kier alpha value is -1.35. The smallest absolute Gasteiger partial charge is 0.229 e. The maximum Gasteiger partial charge on any atom is 0.229 e. The maximum absolute atomic E-state index is 13.1. The van der Waals surface area contributed by atoms with Gasteiger partial charge in [-0.2, -0.15) is 0 Å². The van der Waals surface area contributed by atoms with Crippen molar-refractivity contribution in [1.29, 1.82) is 0 Å². The molecule has 0 atom stereocenters. The lowest BCUT2D eigenvalue weighted by molar-refractivity contribution is -0.144. The van der Waals surface area contributed by atoms with Crippen LogP contribution in [0.1, 0.15) is 43.7 Å². The Balaban J connectivity index is 1.76. The summed E-state index contributed by atoms with van der Waals surface area (Å²) in [6, 6.07) is 9.02. The average molecular weight is 286 g/mol. The van der Waals surface area contributed by atoms with Crippen molar-refractivity contribution in [2.45, 2.75) is 52.1 Å². The van der Waals surface area contributed by atoms with Crippen molar-refractivity contribution in [1.82, 2.24) is 10.2 Å². The first-order chi connectivity index (χ1) is 10.1. The lowest BCUT2D eigenvalue weighted by Gasteiger charge is -2.37. The molecule has 1 aromatic rings. The summed E-state index contributed by atoms with van der Waals surface area (Å²) in [5.74, 6) is 0.369. The molecule has 0 bridgehead atoms. The third kappa shape index (κ3) is 3.29. The Kier molecular flexibility index (Phi) is 4.03. The van der Waals surface area contributed by atoms with Gasteiger partial charge in [0.15, 0.2) is 0 Å². The van der Waals surface area contributed by atoms with Crippen molar-refractivity contribution >= 4 is 5.91 Å². The molecule has 0 spiro atoms. The van der Waals surface area contributed by atoms with Crippen molar-refractivity contribution in [3.05, 3.63) is 35.4 Å². The molecule has 0 radical (unpaired) electrons. The number of rotatable bonds is 4. The van der Waals surface area contributed by atoms with Gasteiger partial charge in [0.05, 0.1) is 0 Å². The van der Waals surface area contributed by atoms with E-state index in [1.165, 1.54) is 24.0 Å². The Morgan fingerprint density at radius 3 is 2.67 bits per heavy atom. The zero-order chi connectivity index (χ0) is 14.9. The van der Waals surface area contributed by atoms with E-state index in [-0.39, 0.29) is 5.41 Å². The van der Waals surface area contributed by atoms with Crippen molar-refractivity contribution in [3.63, 3.8) is 0 Å². The summed E-state index contributed by atoms with van der Waals surface area (Å²) in [7, 11) is 0. The number of carbonyl (C=O) groups excluding carboxylic acids is 1. The van der Waals surface area contributed by atoms with E-state index in [1.807, 2.05) is 0 Å². The Labute approximate surface area is 127 Å². The van der Waals surface area contributed by atoms with Gasteiger partial charge in [-0.15, -0.1) is 0 Å². The van der Waals surface area contributed by atoms with Gasteiger partial charge >= 0.3 is 0 Å². The van der Waals surface area contributed by atoms with Gasteiger partial charge in [0.1, 0.15) is 0 Å². The highest BCUT2D eigenvalue weighted by Gasteiger charge is 2.42. The van der Waals surface area contributed by atoms with Gasteiger partial charge in [0.25, 0.3) is 0 Å². The number of hydrogen-bond donors (Lipinski definition) is 1. The zero-order valence-electron chi connectivity index (χ0n) is 13.2. The SMILES string of the molecule is Cc1cccc(CN(C(=O)C2(C)CCNCC2)C2CC2)c1. The molecule has 2 fully saturated rings. The molecule has 0 aromatic heterocycles. The summed E-state index contributed by atoms with van der Waals surface area (Å²) < 4.78 is 0. The van der Waals surface area contributed by atoms with E-state index in [1.54, 1.807) is 0 Å². The molecule has 3 heteroatoms. The number of piperidine rings is 1. The summed E-state index contributed by atoms with van der Waals surface area (Å²) in [6.07, 6.45) is 4.27. The van der Waals surface area contributed by atoms with Crippen molar-refractivity contribution in [3.8, 4) is 0 Å². The predicted molar refractivity (Wildman–Crippen MR) is 85.0 cm³/mol. The number of nitrogens with one attached hydrogen (secondary N) is 1. The van der Waals surface area contributed by atoms with Gasteiger partial charge in [0.2, 0.25) is 5.91 Å². The standard InChI is InChI=1S/C18H26N2O/c1-14-4-3-5-15(12-14)13-20(16-6-7-16)17(21)18(2)8-10-19-11-9-18/h3-5,12,16,19H,6-11,13H2,1-2H3. The lowest BCUT2D eigenvalue weighted by atomic mass is 9.79. The fourth-order valence-corrected chi connectivity index (χ4v) is 3.30. The van der Waals surface area contributed by atoms with E-state index in [0.29, 0.717) is 11.9 Å². The quantitative estimate of drug-likeness (QED) is 0.923. The summed E-state index contributed by atoms with van der Waals surface area (Å²) >= 11 is 0. The molecule has 1 saturated carbocycles. The van der Waals surface area contributed by atoms with Crippen LogP contribution in [0.4, 0.5) is 0 Å². The van der Waals surface area contributed by atoms with E-state index in [2.05, 4.69) is 48.3 Å². The molecule has 0 unspecified atom stereocenters. The minimum Gasteiger partial charge on any atom is -0.335 e. The third-order valence-corrected chi connectivity index (χ3v) is 4.91. The average Bonchev–Trinajstić information content (AvgIpc) is 3.29. The molecular formula is C18H26N2O. The molecule has 3 nitrogen and oxygen atoms in total. The number of nitrogens with zero attached hydrogens (tertiary/aromatic N) is 1. The predicted octanol–water partition coefficient (Wildman–Crippen LogP) is 2.88. The van der Waals surface area contributed by atoms with Gasteiger partial charge < -0.3 is 10.2 Å². The van der Waals surface area contributed by atoms with Crippen LogP contribution >= 0.6 is 0 Å². The Bertz CT molecular complexity index is 516. The van der Waals surface area contributed by atoms with Crippen molar-refractivity contribution in [2.24, 2.45) is 5.41 Å². The molecule has 2 aliphatic rings. The number of aryl methyl sites for hydroxylation is 1. The normalized spacial score (nSPS) is 21.0. The van der Waals surface area contributed by atoms with Crippen LogP contribution in [-0.2, 0) is 11.3 Å². The number of carbonyl (C=O) groups is 1. The highest BCUT2D eigenvalue weighted by Crippen LogP contribution is 2.36. The van der Waals surface area contributed by atoms with Gasteiger partial charge in [0, 0.05) is 18.0 Å². The molecule has 1 aromatic carbocycles. The lowest BCUT2D eigenvalue weighted by Crippen LogP contribution is -2.48. The van der Waals surface area contributed by atoms with Crippen LogP contribution in [0.25, 0.3) is 0 Å². The van der Waals surface area contributed by atoms with Crippen LogP contribution in [0.5, 0.6) is 0 Å². The molecule has 21 heavy (non-hydrogen) atoms. The molecular weight excluding hydrogens is 260 g/mol. The van der Waals surface area contributed by atoms with Gasteiger partial charge in [-0.25, -0.2) is 0 Å². The number of amides is 1. The number of benzene rings is 1. The van der Waals surface area contributed by atoms with E-state index in [9.17, 15) is 4.79 Å². The number of hydrogen-bond acceptors (Lipinski definition) is 2. The van der Waals surface area contributed by atoms with Crippen LogP contribution in [0.3, 0.4) is 0 Å². The summed E-state index contributed by atoms with van der Waals surface area (Å²) in [5.41, 5.74) is 2.36. The van der Waals surface area contributed by atoms with Gasteiger partial charge in [-0.05, 0) is 51.3 Å². The summed E-state index contributed by atoms with van der Waals surface area (Å²) in [4.78, 5) is 15.2. The van der Waals surface area contributed by atoms with Crippen molar-refractivity contribution in [2.75, 3.05) is 13.1 Å². The monoisotopic (exact) mass is 286 g/mol. The van der Waals surface area contributed by atoms with Gasteiger partial charge in [-0.1, -0.05) is 36.8 Å². The highest BCUT2D eigenvalue weighted by molar-refractivity contribution is 5.83. The van der Waals surface area contributed by atoms with Crippen LogP contribution < -0.4 is 5.32 Å². The van der Waals surface area contributed by atoms with Crippen LogP contribution in [-0.4, -0.2) is 29.9 Å². The van der Waals surface area contributed by atoms with E-state index in [4.69, 9.17) is 0 Å². The molecule has 3 rings (SSSR count). The molecule has 1 N–H and O–H groups in total. The first-order valence-electron chi connectivity index (χ1n) is 8.16. The Morgan fingerprint density at radius 1 is 1.33 bits per heavy atom. The van der Waals surface area contributed by atoms with E-state index in [0.717, 1.165) is 32.5 Å². The van der Waals surface area contributed by atoms with Crippen LogP contribution in [0, 0.1) is 12.3 Å². The van der Waals surface area contributed by atoms with Crippen LogP contribution in [0.2, 0.25) is 0 Å². The first-order valence-corrected chi connectivity index (χ1v) is 8.16. The molecule has 1 saturated heterocycles. The summed E-state index contributed by atoms with van der Waals surface area (Å²) in [6.45, 7) is 6.97. The molecule has 114 valence electrons. The molecule has 1 aliphatic heterocycles. The topological polar surface area (TPSA) is 32.3 Å². The van der Waals surface area contributed by atoms with Gasteiger partial charge in [-0.3, -0.25) is 4.79 Å². The second-order valence-corrected chi connectivity index (χ2v) is 6.96. The highest BCUT2D eigenvalue weighted by atomic mass is 16.2. The fourth-order valence-electron chi connectivity index (χ4n) is 3.30. The first kappa shape index (κ1) is 14.6. The van der Waals surface area contributed by atoms with E-state index < -0.39 is 0 Å². The maximum atomic E-state index is 13.1. The second kappa shape index (κ2) is 5.80. The zero-order valence-corrected chi connectivity index (χ0v) is 13.2. The summed E-state index contributed by atoms with van der Waals surface area (Å²) in [5, 5.41) is 3.37.